The second kappa shape index (κ2) is 9.13. The molecule has 0 N–H and O–H groups in total. The normalized spacial score (nSPS) is 14.9. The summed E-state index contributed by atoms with van der Waals surface area (Å²) in [6.45, 7) is 0.798. The standard InChI is InChI=1S/C24H21FN4O3S2/c25-18-8-10-20(11-9-18)34(31,32)28-14-12-27(13-15-28)24(30)22-17-21(23-7-4-16-33-23)26-29(22)19-5-2-1-3-6-19/h1-11,16-17H,12-15H2. The van der Waals surface area contributed by atoms with Gasteiger partial charge in [-0.05, 0) is 53.9 Å². The van der Waals surface area contributed by atoms with E-state index in [-0.39, 0.29) is 37.0 Å². The van der Waals surface area contributed by atoms with E-state index in [9.17, 15) is 17.6 Å². The number of nitrogens with zero attached hydrogens (tertiary/aromatic N) is 4. The number of benzene rings is 2. The third-order valence-corrected chi connectivity index (χ3v) is 8.49. The summed E-state index contributed by atoms with van der Waals surface area (Å²) in [5, 5.41) is 6.64. The number of hydrogen-bond donors (Lipinski definition) is 0. The Hall–Kier alpha value is -3.34. The molecule has 0 aliphatic carbocycles. The van der Waals surface area contributed by atoms with Crippen LogP contribution < -0.4 is 0 Å². The van der Waals surface area contributed by atoms with Gasteiger partial charge in [0.2, 0.25) is 10.0 Å². The molecule has 3 heterocycles. The van der Waals surface area contributed by atoms with Crippen molar-refractivity contribution < 1.29 is 17.6 Å². The number of piperazine rings is 1. The molecule has 5 rings (SSSR count). The van der Waals surface area contributed by atoms with Gasteiger partial charge in [0.05, 0.1) is 15.5 Å². The van der Waals surface area contributed by atoms with E-state index in [1.54, 1.807) is 27.0 Å². The van der Waals surface area contributed by atoms with E-state index in [2.05, 4.69) is 5.10 Å². The minimum atomic E-state index is -3.76. The summed E-state index contributed by atoms with van der Waals surface area (Å²) in [5.74, 6) is -0.704. The summed E-state index contributed by atoms with van der Waals surface area (Å²) in [4.78, 5) is 16.1. The fourth-order valence-corrected chi connectivity index (χ4v) is 6.00. The fourth-order valence-electron chi connectivity index (χ4n) is 3.89. The summed E-state index contributed by atoms with van der Waals surface area (Å²) >= 11 is 1.54. The Morgan fingerprint density at radius 3 is 2.26 bits per heavy atom. The first-order chi connectivity index (χ1) is 16.4. The van der Waals surface area contributed by atoms with E-state index >= 15 is 0 Å². The maximum atomic E-state index is 13.5. The number of aromatic nitrogens is 2. The smallest absolute Gasteiger partial charge is 0.272 e. The Labute approximate surface area is 200 Å². The van der Waals surface area contributed by atoms with Gasteiger partial charge in [0.1, 0.15) is 17.2 Å². The van der Waals surface area contributed by atoms with Crippen LogP contribution in [-0.4, -0.2) is 59.5 Å². The molecule has 1 fully saturated rings. The van der Waals surface area contributed by atoms with Crippen LogP contribution in [0.2, 0.25) is 0 Å². The molecule has 4 aromatic rings. The van der Waals surface area contributed by atoms with Gasteiger partial charge in [-0.25, -0.2) is 17.5 Å². The summed E-state index contributed by atoms with van der Waals surface area (Å²) < 4.78 is 42.0. The Bertz CT molecular complexity index is 1390. The zero-order valence-corrected chi connectivity index (χ0v) is 19.7. The van der Waals surface area contributed by atoms with Crippen LogP contribution in [0.3, 0.4) is 0 Å². The van der Waals surface area contributed by atoms with Crippen LogP contribution in [0.5, 0.6) is 0 Å². The zero-order chi connectivity index (χ0) is 23.7. The predicted molar refractivity (Wildman–Crippen MR) is 128 cm³/mol. The first-order valence-corrected chi connectivity index (χ1v) is 13.0. The van der Waals surface area contributed by atoms with Crippen LogP contribution in [0.25, 0.3) is 16.3 Å². The highest BCUT2D eigenvalue weighted by Crippen LogP contribution is 2.27. The van der Waals surface area contributed by atoms with Gasteiger partial charge in [0.25, 0.3) is 5.91 Å². The van der Waals surface area contributed by atoms with Crippen LogP contribution in [0.15, 0.2) is 83.1 Å². The average Bonchev–Trinajstić information content (AvgIpc) is 3.55. The van der Waals surface area contributed by atoms with Crippen molar-refractivity contribution in [1.82, 2.24) is 19.0 Å². The fraction of sp³-hybridized carbons (Fsp3) is 0.167. The second-order valence-corrected chi connectivity index (χ2v) is 10.7. The maximum absolute atomic E-state index is 13.5. The van der Waals surface area contributed by atoms with E-state index in [1.807, 2.05) is 47.8 Å². The Balaban J connectivity index is 1.38. The Morgan fingerprint density at radius 2 is 1.62 bits per heavy atom. The van der Waals surface area contributed by atoms with E-state index < -0.39 is 15.8 Å². The molecule has 1 aliphatic heterocycles. The van der Waals surface area contributed by atoms with Crippen molar-refractivity contribution in [2.75, 3.05) is 26.2 Å². The monoisotopic (exact) mass is 496 g/mol. The molecule has 0 radical (unpaired) electrons. The summed E-state index contributed by atoms with van der Waals surface area (Å²) in [5.41, 5.74) is 1.90. The molecule has 0 bridgehead atoms. The van der Waals surface area contributed by atoms with Crippen molar-refractivity contribution in [2.24, 2.45) is 0 Å². The van der Waals surface area contributed by atoms with Crippen LogP contribution in [0, 0.1) is 5.82 Å². The topological polar surface area (TPSA) is 75.5 Å². The highest BCUT2D eigenvalue weighted by Gasteiger charge is 2.32. The largest absolute Gasteiger partial charge is 0.335 e. The maximum Gasteiger partial charge on any atom is 0.272 e. The number of hydrogen-bond acceptors (Lipinski definition) is 5. The van der Waals surface area contributed by atoms with Crippen LogP contribution in [0.4, 0.5) is 4.39 Å². The number of rotatable bonds is 5. The number of carbonyl (C=O) groups excluding carboxylic acids is 1. The predicted octanol–water partition coefficient (Wildman–Crippen LogP) is 3.89. The summed E-state index contributed by atoms with van der Waals surface area (Å²) in [7, 11) is -3.76. The van der Waals surface area contributed by atoms with Crippen molar-refractivity contribution in [3.8, 4) is 16.3 Å². The first kappa shape index (κ1) is 22.5. The molecule has 1 saturated heterocycles. The van der Waals surface area contributed by atoms with Gasteiger partial charge in [-0.3, -0.25) is 4.79 Å². The number of sulfonamides is 1. The Morgan fingerprint density at radius 1 is 0.912 bits per heavy atom. The molecule has 34 heavy (non-hydrogen) atoms. The minimum Gasteiger partial charge on any atom is -0.335 e. The SMILES string of the molecule is O=C(c1cc(-c2cccs2)nn1-c1ccccc1)N1CCN(S(=O)(=O)c2ccc(F)cc2)CC1. The molecule has 0 atom stereocenters. The van der Waals surface area contributed by atoms with Gasteiger partial charge in [0.15, 0.2) is 0 Å². The van der Waals surface area contributed by atoms with Gasteiger partial charge in [-0.2, -0.15) is 9.40 Å². The number of carbonyl (C=O) groups is 1. The highest BCUT2D eigenvalue weighted by atomic mass is 32.2. The molecule has 2 aromatic carbocycles. The molecule has 0 spiro atoms. The minimum absolute atomic E-state index is 0.0384. The molecule has 10 heteroatoms. The molecule has 7 nitrogen and oxygen atoms in total. The molecule has 0 saturated carbocycles. The summed E-state index contributed by atoms with van der Waals surface area (Å²) in [6, 6.07) is 19.9. The molecule has 174 valence electrons. The lowest BCUT2D eigenvalue weighted by Crippen LogP contribution is -2.50. The van der Waals surface area contributed by atoms with Gasteiger partial charge < -0.3 is 4.90 Å². The molecule has 1 amide bonds. The molecular weight excluding hydrogens is 475 g/mol. The quantitative estimate of drug-likeness (QED) is 0.420. The molecule has 2 aromatic heterocycles. The van der Waals surface area contributed by atoms with Crippen molar-refractivity contribution >= 4 is 27.3 Å². The Kier molecular flexibility index (Phi) is 6.03. The van der Waals surface area contributed by atoms with E-state index in [4.69, 9.17) is 0 Å². The highest BCUT2D eigenvalue weighted by molar-refractivity contribution is 7.89. The van der Waals surface area contributed by atoms with Gasteiger partial charge in [-0.15, -0.1) is 11.3 Å². The average molecular weight is 497 g/mol. The van der Waals surface area contributed by atoms with E-state index in [0.29, 0.717) is 11.4 Å². The number of thiophene rings is 1. The van der Waals surface area contributed by atoms with E-state index in [0.717, 1.165) is 22.7 Å². The number of halogens is 1. The lowest BCUT2D eigenvalue weighted by Gasteiger charge is -2.34. The van der Waals surface area contributed by atoms with Crippen molar-refractivity contribution in [1.29, 1.82) is 0 Å². The third kappa shape index (κ3) is 4.27. The van der Waals surface area contributed by atoms with Crippen molar-refractivity contribution in [3.63, 3.8) is 0 Å². The van der Waals surface area contributed by atoms with Crippen LogP contribution >= 0.6 is 11.3 Å². The van der Waals surface area contributed by atoms with Crippen molar-refractivity contribution in [3.05, 3.63) is 89.7 Å². The van der Waals surface area contributed by atoms with Gasteiger partial charge in [-0.1, -0.05) is 24.3 Å². The second-order valence-electron chi connectivity index (χ2n) is 7.79. The molecular formula is C24H21FN4O3S2. The zero-order valence-electron chi connectivity index (χ0n) is 18.0. The van der Waals surface area contributed by atoms with Crippen molar-refractivity contribution in [2.45, 2.75) is 4.90 Å². The number of para-hydroxylation sites is 1. The van der Waals surface area contributed by atoms with Gasteiger partial charge >= 0.3 is 0 Å². The lowest BCUT2D eigenvalue weighted by atomic mass is 10.2. The van der Waals surface area contributed by atoms with Crippen LogP contribution in [0.1, 0.15) is 10.5 Å². The van der Waals surface area contributed by atoms with Crippen LogP contribution in [-0.2, 0) is 10.0 Å². The first-order valence-electron chi connectivity index (χ1n) is 10.7. The molecule has 1 aliphatic rings. The number of amides is 1. The molecule has 0 unspecified atom stereocenters. The summed E-state index contributed by atoms with van der Waals surface area (Å²) in [6.07, 6.45) is 0. The third-order valence-electron chi connectivity index (χ3n) is 5.68. The van der Waals surface area contributed by atoms with E-state index in [1.165, 1.54) is 16.4 Å². The lowest BCUT2D eigenvalue weighted by molar-refractivity contribution is 0.0688. The van der Waals surface area contributed by atoms with Gasteiger partial charge in [0, 0.05) is 26.2 Å².